The summed E-state index contributed by atoms with van der Waals surface area (Å²) < 4.78 is 13.7. The zero-order valence-electron chi connectivity index (χ0n) is 12.7. The van der Waals surface area contributed by atoms with Crippen molar-refractivity contribution < 1.29 is 9.18 Å². The van der Waals surface area contributed by atoms with Gasteiger partial charge >= 0.3 is 0 Å². The molecule has 0 fully saturated rings. The molecule has 1 aromatic heterocycles. The second-order valence-corrected chi connectivity index (χ2v) is 5.06. The maximum atomic E-state index is 13.7. The topological polar surface area (TPSA) is 87.2 Å². The van der Waals surface area contributed by atoms with E-state index >= 15 is 0 Å². The lowest BCUT2D eigenvalue weighted by molar-refractivity contribution is 0.0950. The van der Waals surface area contributed by atoms with Gasteiger partial charge in [0.1, 0.15) is 5.82 Å². The number of aromatic nitrogens is 2. The van der Waals surface area contributed by atoms with Crippen molar-refractivity contribution in [2.75, 3.05) is 0 Å². The minimum atomic E-state index is -0.599. The van der Waals surface area contributed by atoms with Gasteiger partial charge in [0.15, 0.2) is 5.69 Å². The highest BCUT2D eigenvalue weighted by Gasteiger charge is 2.14. The van der Waals surface area contributed by atoms with E-state index < -0.39 is 11.7 Å². The predicted molar refractivity (Wildman–Crippen MR) is 88.4 cm³/mol. The first-order valence-corrected chi connectivity index (χ1v) is 7.15. The fraction of sp³-hybridized carbons (Fsp3) is 0.0588. The summed E-state index contributed by atoms with van der Waals surface area (Å²) in [6, 6.07) is 12.7. The number of hydrogen-bond donors (Lipinski definition) is 2. The third kappa shape index (κ3) is 2.91. The second-order valence-electron chi connectivity index (χ2n) is 5.06. The van der Waals surface area contributed by atoms with E-state index in [1.807, 2.05) is 0 Å². The van der Waals surface area contributed by atoms with Gasteiger partial charge in [0.2, 0.25) is 0 Å². The summed E-state index contributed by atoms with van der Waals surface area (Å²) in [6.07, 6.45) is 0. The van der Waals surface area contributed by atoms with E-state index in [1.165, 1.54) is 6.07 Å². The number of halogens is 1. The van der Waals surface area contributed by atoms with Gasteiger partial charge in [-0.1, -0.05) is 36.4 Å². The van der Waals surface area contributed by atoms with Crippen LogP contribution in [0, 0.1) is 5.82 Å². The normalized spacial score (nSPS) is 11.5. The molecule has 0 atom stereocenters. The summed E-state index contributed by atoms with van der Waals surface area (Å²) in [4.78, 5) is 24.0. The van der Waals surface area contributed by atoms with E-state index in [9.17, 15) is 14.0 Å². The predicted octanol–water partition coefficient (Wildman–Crippen LogP) is 2.22. The summed E-state index contributed by atoms with van der Waals surface area (Å²) in [6.45, 7) is 1.58. The van der Waals surface area contributed by atoms with Crippen molar-refractivity contribution in [3.63, 3.8) is 0 Å². The molecule has 0 radical (unpaired) electrons. The van der Waals surface area contributed by atoms with Crippen LogP contribution in [-0.2, 0) is 0 Å². The number of carbonyl (C=O) groups is 1. The van der Waals surface area contributed by atoms with Gasteiger partial charge in [0.05, 0.1) is 11.1 Å². The van der Waals surface area contributed by atoms with Gasteiger partial charge in [-0.05, 0) is 19.1 Å². The lowest BCUT2D eigenvalue weighted by Crippen LogP contribution is -2.23. The Bertz CT molecular complexity index is 1010. The highest BCUT2D eigenvalue weighted by molar-refractivity contribution is 6.06. The number of amides is 1. The first-order valence-electron chi connectivity index (χ1n) is 7.15. The third-order valence-corrected chi connectivity index (χ3v) is 3.50. The molecular weight excluding hydrogens is 311 g/mol. The van der Waals surface area contributed by atoms with Gasteiger partial charge in [-0.3, -0.25) is 9.59 Å². The molecule has 2 N–H and O–H groups in total. The number of hydrogen-bond acceptors (Lipinski definition) is 4. The Morgan fingerprint density at radius 3 is 2.54 bits per heavy atom. The molecule has 2 aromatic carbocycles. The Hall–Kier alpha value is -3.35. The average Bonchev–Trinajstić information content (AvgIpc) is 2.60. The molecule has 3 rings (SSSR count). The standard InChI is InChI=1S/C17H13FN4O2/c1-10(11-6-4-5-9-14(11)18)19-22-17(24)15-12-7-2-3-8-13(12)16(23)21-20-15/h2-9H,1H3,(H,21,23)(H,22,24)/b19-10-. The second kappa shape index (κ2) is 6.41. The smallest absolute Gasteiger partial charge is 0.267 e. The molecule has 1 amide bonds. The van der Waals surface area contributed by atoms with E-state index in [-0.39, 0.29) is 16.8 Å². The number of hydrazone groups is 1. The first-order chi connectivity index (χ1) is 11.6. The van der Waals surface area contributed by atoms with E-state index in [2.05, 4.69) is 20.7 Å². The maximum Gasteiger partial charge on any atom is 0.292 e. The van der Waals surface area contributed by atoms with Crippen LogP contribution in [0.15, 0.2) is 58.4 Å². The van der Waals surface area contributed by atoms with E-state index in [1.54, 1.807) is 49.4 Å². The molecule has 0 spiro atoms. The van der Waals surface area contributed by atoms with Crippen LogP contribution < -0.4 is 11.0 Å². The van der Waals surface area contributed by atoms with Crippen LogP contribution in [0.5, 0.6) is 0 Å². The van der Waals surface area contributed by atoms with Gasteiger partial charge in [-0.15, -0.1) is 0 Å². The number of fused-ring (bicyclic) bond motifs is 1. The van der Waals surface area contributed by atoms with Gasteiger partial charge < -0.3 is 0 Å². The molecule has 0 aliphatic rings. The fourth-order valence-corrected chi connectivity index (χ4v) is 2.29. The van der Waals surface area contributed by atoms with E-state index in [0.29, 0.717) is 16.5 Å². The number of benzene rings is 2. The molecule has 6 nitrogen and oxygen atoms in total. The summed E-state index contributed by atoms with van der Waals surface area (Å²) in [5.41, 5.74) is 2.59. The number of nitrogens with one attached hydrogen (secondary N) is 2. The van der Waals surface area contributed by atoms with Crippen LogP contribution in [0.25, 0.3) is 10.8 Å². The van der Waals surface area contributed by atoms with Crippen molar-refractivity contribution in [1.82, 2.24) is 15.6 Å². The van der Waals surface area contributed by atoms with Crippen molar-refractivity contribution in [2.45, 2.75) is 6.92 Å². The monoisotopic (exact) mass is 324 g/mol. The van der Waals surface area contributed by atoms with Crippen molar-refractivity contribution in [1.29, 1.82) is 0 Å². The molecule has 0 unspecified atom stereocenters. The summed E-state index contributed by atoms with van der Waals surface area (Å²) in [5.74, 6) is -1.03. The average molecular weight is 324 g/mol. The maximum absolute atomic E-state index is 13.7. The van der Waals surface area contributed by atoms with Crippen molar-refractivity contribution >= 4 is 22.4 Å². The molecule has 0 bridgehead atoms. The zero-order valence-corrected chi connectivity index (χ0v) is 12.7. The van der Waals surface area contributed by atoms with Crippen molar-refractivity contribution in [2.24, 2.45) is 5.10 Å². The molecule has 7 heteroatoms. The fourth-order valence-electron chi connectivity index (χ4n) is 2.29. The highest BCUT2D eigenvalue weighted by atomic mass is 19.1. The number of nitrogens with zero attached hydrogens (tertiary/aromatic N) is 2. The van der Waals surface area contributed by atoms with Crippen LogP contribution in [0.3, 0.4) is 0 Å². The molecule has 0 aliphatic carbocycles. The van der Waals surface area contributed by atoms with Gasteiger partial charge in [0, 0.05) is 10.9 Å². The Kier molecular flexibility index (Phi) is 4.15. The minimum absolute atomic E-state index is 0.0373. The van der Waals surface area contributed by atoms with Gasteiger partial charge in [-0.2, -0.15) is 10.2 Å². The summed E-state index contributed by atoms with van der Waals surface area (Å²) in [5, 5.41) is 10.7. The van der Waals surface area contributed by atoms with Crippen LogP contribution in [0.1, 0.15) is 23.0 Å². The first kappa shape index (κ1) is 15.5. The van der Waals surface area contributed by atoms with Gasteiger partial charge in [0.25, 0.3) is 11.5 Å². The highest BCUT2D eigenvalue weighted by Crippen LogP contribution is 2.12. The summed E-state index contributed by atoms with van der Waals surface area (Å²) in [7, 11) is 0. The van der Waals surface area contributed by atoms with Crippen LogP contribution in [0.4, 0.5) is 4.39 Å². The number of H-pyrrole nitrogens is 1. The number of aromatic amines is 1. The minimum Gasteiger partial charge on any atom is -0.267 e. The molecule has 24 heavy (non-hydrogen) atoms. The van der Waals surface area contributed by atoms with E-state index in [0.717, 1.165) is 0 Å². The Balaban J connectivity index is 1.91. The quantitative estimate of drug-likeness (QED) is 0.572. The summed E-state index contributed by atoms with van der Waals surface area (Å²) >= 11 is 0. The molecule has 1 heterocycles. The van der Waals surface area contributed by atoms with E-state index in [4.69, 9.17) is 0 Å². The zero-order chi connectivity index (χ0) is 17.1. The molecule has 0 saturated carbocycles. The number of rotatable bonds is 3. The van der Waals surface area contributed by atoms with Crippen LogP contribution >= 0.6 is 0 Å². The molecule has 0 aliphatic heterocycles. The molecule has 0 saturated heterocycles. The van der Waals surface area contributed by atoms with Crippen LogP contribution in [0.2, 0.25) is 0 Å². The Morgan fingerprint density at radius 2 is 1.79 bits per heavy atom. The van der Waals surface area contributed by atoms with Crippen LogP contribution in [-0.4, -0.2) is 21.8 Å². The van der Waals surface area contributed by atoms with Crippen molar-refractivity contribution in [3.8, 4) is 0 Å². The van der Waals surface area contributed by atoms with Gasteiger partial charge in [-0.25, -0.2) is 14.9 Å². The number of carbonyl (C=O) groups excluding carboxylic acids is 1. The lowest BCUT2D eigenvalue weighted by Gasteiger charge is -2.05. The Labute approximate surface area is 136 Å². The third-order valence-electron chi connectivity index (χ3n) is 3.50. The molecule has 3 aromatic rings. The lowest BCUT2D eigenvalue weighted by atomic mass is 10.1. The molecule has 120 valence electrons. The van der Waals surface area contributed by atoms with Crippen molar-refractivity contribution in [3.05, 3.63) is 76.0 Å². The Morgan fingerprint density at radius 1 is 1.12 bits per heavy atom. The largest absolute Gasteiger partial charge is 0.292 e. The SMILES string of the molecule is C/C(=N/NC(=O)c1n[nH]c(=O)c2ccccc12)c1ccccc1F. The molecular formula is C17H13FN4O2.